The maximum atomic E-state index is 11.3. The minimum Gasteiger partial charge on any atom is -0.477 e. The van der Waals surface area contributed by atoms with Crippen molar-refractivity contribution in [3.63, 3.8) is 0 Å². The third-order valence-electron chi connectivity index (χ3n) is 3.66. The lowest BCUT2D eigenvalue weighted by atomic mass is 10.1. The van der Waals surface area contributed by atoms with Gasteiger partial charge < -0.3 is 10.0 Å². The van der Waals surface area contributed by atoms with Crippen LogP contribution in [0.3, 0.4) is 0 Å². The predicted octanol–water partition coefficient (Wildman–Crippen LogP) is 1.66. The molecule has 1 aliphatic rings. The van der Waals surface area contributed by atoms with Crippen LogP contribution in [-0.2, 0) is 7.05 Å². The first kappa shape index (κ1) is 12.0. The molecule has 2 rings (SSSR count). The van der Waals surface area contributed by atoms with Crippen LogP contribution in [0.25, 0.3) is 0 Å². The number of carbonyl (C=O) groups is 1. The fraction of sp³-hybridized carbons (Fsp3) is 0.667. The molecule has 1 fully saturated rings. The van der Waals surface area contributed by atoms with Crippen LogP contribution < -0.4 is 4.90 Å². The Hall–Kier alpha value is -1.52. The van der Waals surface area contributed by atoms with E-state index >= 15 is 0 Å². The van der Waals surface area contributed by atoms with Crippen molar-refractivity contribution in [1.82, 2.24) is 9.78 Å². The van der Waals surface area contributed by atoms with Gasteiger partial charge in [0.05, 0.1) is 5.69 Å². The van der Waals surface area contributed by atoms with Gasteiger partial charge in [0.15, 0.2) is 0 Å². The molecule has 0 bridgehead atoms. The maximum absolute atomic E-state index is 11.3. The Morgan fingerprint density at radius 3 is 2.65 bits per heavy atom. The minimum atomic E-state index is -0.902. The summed E-state index contributed by atoms with van der Waals surface area (Å²) in [6.07, 6.45) is 2.48. The molecular weight excluding hydrogens is 218 g/mol. The average Bonchev–Trinajstić information content (AvgIpc) is 3.02. The molecule has 94 valence electrons. The Balaban J connectivity index is 2.39. The van der Waals surface area contributed by atoms with E-state index in [1.807, 2.05) is 11.9 Å². The second kappa shape index (κ2) is 4.05. The summed E-state index contributed by atoms with van der Waals surface area (Å²) >= 11 is 0. The molecule has 0 saturated heterocycles. The molecule has 1 saturated carbocycles. The summed E-state index contributed by atoms with van der Waals surface area (Å²) in [6.45, 7) is 3.88. The van der Waals surface area contributed by atoms with Gasteiger partial charge in [-0.25, -0.2) is 4.79 Å². The second-order valence-electron chi connectivity index (χ2n) is 4.90. The van der Waals surface area contributed by atoms with Gasteiger partial charge in [-0.15, -0.1) is 0 Å². The molecule has 0 aromatic carbocycles. The average molecular weight is 237 g/mol. The summed E-state index contributed by atoms with van der Waals surface area (Å²) in [6, 6.07) is 0.364. The van der Waals surface area contributed by atoms with Gasteiger partial charge in [-0.05, 0) is 32.6 Å². The molecule has 5 nitrogen and oxygen atoms in total. The lowest BCUT2D eigenvalue weighted by molar-refractivity contribution is 0.0696. The Morgan fingerprint density at radius 2 is 2.18 bits per heavy atom. The number of rotatable bonds is 4. The van der Waals surface area contributed by atoms with Crippen LogP contribution in [0.4, 0.5) is 5.82 Å². The summed E-state index contributed by atoms with van der Waals surface area (Å²) in [4.78, 5) is 13.3. The summed E-state index contributed by atoms with van der Waals surface area (Å²) < 4.78 is 1.66. The summed E-state index contributed by atoms with van der Waals surface area (Å²) in [5.41, 5.74) is 0.896. The summed E-state index contributed by atoms with van der Waals surface area (Å²) in [7, 11) is 3.75. The highest BCUT2D eigenvalue weighted by Crippen LogP contribution is 2.37. The Labute approximate surface area is 101 Å². The van der Waals surface area contributed by atoms with E-state index in [1.54, 1.807) is 18.7 Å². The molecule has 1 unspecified atom stereocenters. The van der Waals surface area contributed by atoms with Gasteiger partial charge in [0.2, 0.25) is 0 Å². The first-order valence-corrected chi connectivity index (χ1v) is 5.93. The van der Waals surface area contributed by atoms with E-state index < -0.39 is 5.97 Å². The summed E-state index contributed by atoms with van der Waals surface area (Å²) in [5.74, 6) is 0.492. The third-order valence-corrected chi connectivity index (χ3v) is 3.66. The Kier molecular flexibility index (Phi) is 2.85. The molecule has 0 spiro atoms. The number of aromatic carboxylic acids is 1. The minimum absolute atomic E-state index is 0.322. The van der Waals surface area contributed by atoms with Gasteiger partial charge in [-0.3, -0.25) is 4.68 Å². The van der Waals surface area contributed by atoms with Crippen molar-refractivity contribution in [2.24, 2.45) is 13.0 Å². The summed E-state index contributed by atoms with van der Waals surface area (Å²) in [5, 5.41) is 13.5. The number of nitrogens with zero attached hydrogens (tertiary/aromatic N) is 3. The molecule has 0 aliphatic heterocycles. The van der Waals surface area contributed by atoms with Gasteiger partial charge in [0.25, 0.3) is 0 Å². The van der Waals surface area contributed by atoms with Crippen molar-refractivity contribution in [3.8, 4) is 0 Å². The lowest BCUT2D eigenvalue weighted by Crippen LogP contribution is -2.33. The molecule has 5 heteroatoms. The molecule has 1 N–H and O–H groups in total. The zero-order chi connectivity index (χ0) is 12.7. The van der Waals surface area contributed by atoms with Gasteiger partial charge in [-0.2, -0.15) is 5.10 Å². The number of aromatic nitrogens is 2. The van der Waals surface area contributed by atoms with Crippen LogP contribution in [0, 0.1) is 12.8 Å². The van der Waals surface area contributed by atoms with Gasteiger partial charge in [-0.1, -0.05) is 0 Å². The normalized spacial score (nSPS) is 16.9. The van der Waals surface area contributed by atoms with Crippen LogP contribution >= 0.6 is 0 Å². The SMILES string of the molecule is Cc1nn(C)c(N(C)C(C)C2CC2)c1C(=O)O. The number of hydrogen-bond donors (Lipinski definition) is 1. The van der Waals surface area contributed by atoms with Crippen molar-refractivity contribution in [3.05, 3.63) is 11.3 Å². The fourth-order valence-corrected chi connectivity index (χ4v) is 2.39. The molecule has 1 aromatic rings. The zero-order valence-electron chi connectivity index (χ0n) is 10.8. The smallest absolute Gasteiger partial charge is 0.341 e. The highest BCUT2D eigenvalue weighted by atomic mass is 16.4. The van der Waals surface area contributed by atoms with E-state index in [1.165, 1.54) is 12.8 Å². The molecular formula is C12H19N3O2. The fourth-order valence-electron chi connectivity index (χ4n) is 2.39. The van der Waals surface area contributed by atoms with E-state index in [4.69, 9.17) is 0 Å². The highest BCUT2D eigenvalue weighted by Gasteiger charge is 2.33. The van der Waals surface area contributed by atoms with Crippen LogP contribution in [0.15, 0.2) is 0 Å². The van der Waals surface area contributed by atoms with Crippen molar-refractivity contribution >= 4 is 11.8 Å². The van der Waals surface area contributed by atoms with Gasteiger partial charge >= 0.3 is 5.97 Å². The van der Waals surface area contributed by atoms with Crippen molar-refractivity contribution < 1.29 is 9.90 Å². The van der Waals surface area contributed by atoms with Crippen LogP contribution in [0.5, 0.6) is 0 Å². The van der Waals surface area contributed by atoms with E-state index in [-0.39, 0.29) is 0 Å². The Bertz CT molecular complexity index is 449. The molecule has 1 atom stereocenters. The van der Waals surface area contributed by atoms with Crippen molar-refractivity contribution in [1.29, 1.82) is 0 Å². The van der Waals surface area contributed by atoms with E-state index in [0.29, 0.717) is 29.0 Å². The van der Waals surface area contributed by atoms with E-state index in [0.717, 1.165) is 0 Å². The first-order chi connectivity index (χ1) is 7.93. The lowest BCUT2D eigenvalue weighted by Gasteiger charge is -2.27. The standard InChI is InChI=1S/C12H19N3O2/c1-7-10(12(16)17)11(15(4)13-7)14(3)8(2)9-5-6-9/h8-9H,5-6H2,1-4H3,(H,16,17). The molecule has 1 heterocycles. The van der Waals surface area contributed by atoms with Crippen molar-refractivity contribution in [2.75, 3.05) is 11.9 Å². The van der Waals surface area contributed by atoms with E-state index in [2.05, 4.69) is 12.0 Å². The molecule has 0 radical (unpaired) electrons. The largest absolute Gasteiger partial charge is 0.477 e. The number of anilines is 1. The van der Waals surface area contributed by atoms with Crippen LogP contribution in [0.1, 0.15) is 35.8 Å². The number of carboxylic acid groups (broad SMARTS) is 1. The third kappa shape index (κ3) is 2.01. The van der Waals surface area contributed by atoms with E-state index in [9.17, 15) is 9.90 Å². The quantitative estimate of drug-likeness (QED) is 0.865. The molecule has 1 aromatic heterocycles. The van der Waals surface area contributed by atoms with Gasteiger partial charge in [0, 0.05) is 20.1 Å². The first-order valence-electron chi connectivity index (χ1n) is 5.93. The van der Waals surface area contributed by atoms with Crippen molar-refractivity contribution in [2.45, 2.75) is 32.7 Å². The van der Waals surface area contributed by atoms with Crippen LogP contribution in [0.2, 0.25) is 0 Å². The maximum Gasteiger partial charge on any atom is 0.341 e. The highest BCUT2D eigenvalue weighted by molar-refractivity contribution is 5.94. The molecule has 17 heavy (non-hydrogen) atoms. The number of aryl methyl sites for hydroxylation is 2. The topological polar surface area (TPSA) is 58.4 Å². The van der Waals surface area contributed by atoms with Gasteiger partial charge in [0.1, 0.15) is 11.4 Å². The molecule has 0 amide bonds. The Morgan fingerprint density at radius 1 is 1.59 bits per heavy atom. The number of hydrogen-bond acceptors (Lipinski definition) is 3. The monoisotopic (exact) mass is 237 g/mol. The predicted molar refractivity (Wildman–Crippen MR) is 65.5 cm³/mol. The molecule has 1 aliphatic carbocycles. The zero-order valence-corrected chi connectivity index (χ0v) is 10.8. The van der Waals surface area contributed by atoms with Crippen LogP contribution in [-0.4, -0.2) is 33.9 Å². The number of carboxylic acids is 1. The second-order valence-corrected chi connectivity index (χ2v) is 4.90.